The number of halogens is 2. The number of hydrogen-bond donors (Lipinski definition) is 1. The van der Waals surface area contributed by atoms with Crippen LogP contribution < -0.4 is 10.1 Å². The number of nitrogens with one attached hydrogen (secondary N) is 1. The van der Waals surface area contributed by atoms with Crippen molar-refractivity contribution in [3.05, 3.63) is 35.3 Å². The highest BCUT2D eigenvalue weighted by molar-refractivity contribution is 7.13. The average molecular weight is 418 g/mol. The summed E-state index contributed by atoms with van der Waals surface area (Å²) in [6, 6.07) is 8.13. The molecule has 0 radical (unpaired) electrons. The minimum Gasteiger partial charge on any atom is -0.497 e. The Hall–Kier alpha value is -0.850. The maximum Gasteiger partial charge on any atom is 0.123 e. The summed E-state index contributed by atoms with van der Waals surface area (Å²) in [6.45, 7) is 4.50. The molecule has 2 heterocycles. The summed E-state index contributed by atoms with van der Waals surface area (Å²) in [5.74, 6) is 1.77. The second kappa shape index (κ2) is 11.8. The Morgan fingerprint density at radius 2 is 2.04 bits per heavy atom. The quantitative estimate of drug-likeness (QED) is 0.719. The summed E-state index contributed by atoms with van der Waals surface area (Å²) in [5, 5.41) is 6.53. The summed E-state index contributed by atoms with van der Waals surface area (Å²) >= 11 is 1.72. The summed E-state index contributed by atoms with van der Waals surface area (Å²) in [4.78, 5) is 7.37. The van der Waals surface area contributed by atoms with Crippen molar-refractivity contribution in [2.75, 3.05) is 33.8 Å². The van der Waals surface area contributed by atoms with Gasteiger partial charge in [-0.05, 0) is 64.0 Å². The molecule has 1 aromatic carbocycles. The van der Waals surface area contributed by atoms with E-state index in [1.54, 1.807) is 18.4 Å². The smallest absolute Gasteiger partial charge is 0.123 e. The molecule has 0 saturated carbocycles. The fourth-order valence-corrected chi connectivity index (χ4v) is 4.09. The van der Waals surface area contributed by atoms with Crippen LogP contribution in [0.3, 0.4) is 0 Å². The van der Waals surface area contributed by atoms with Crippen molar-refractivity contribution in [2.24, 2.45) is 5.92 Å². The van der Waals surface area contributed by atoms with Gasteiger partial charge in [-0.15, -0.1) is 36.2 Å². The molecule has 7 heteroatoms. The predicted molar refractivity (Wildman–Crippen MR) is 115 cm³/mol. The molecular formula is C19H29Cl2N3OS. The number of benzene rings is 1. The maximum absolute atomic E-state index is 5.31. The van der Waals surface area contributed by atoms with Gasteiger partial charge in [-0.3, -0.25) is 4.90 Å². The number of ether oxygens (including phenoxy) is 1. The van der Waals surface area contributed by atoms with Crippen molar-refractivity contribution in [1.29, 1.82) is 0 Å². The van der Waals surface area contributed by atoms with Crippen molar-refractivity contribution < 1.29 is 4.74 Å². The molecule has 1 aliphatic rings. The molecule has 4 nitrogen and oxygen atoms in total. The van der Waals surface area contributed by atoms with Crippen LogP contribution in [-0.4, -0.2) is 43.7 Å². The lowest BCUT2D eigenvalue weighted by Crippen LogP contribution is -2.34. The molecule has 1 fully saturated rings. The Balaban J connectivity index is 0.00000169. The van der Waals surface area contributed by atoms with Gasteiger partial charge in [0.1, 0.15) is 10.8 Å². The van der Waals surface area contributed by atoms with Crippen LogP contribution in [-0.2, 0) is 6.54 Å². The third-order valence-corrected chi connectivity index (χ3v) is 5.70. The van der Waals surface area contributed by atoms with Crippen LogP contribution >= 0.6 is 36.2 Å². The van der Waals surface area contributed by atoms with Gasteiger partial charge in [-0.1, -0.05) is 12.1 Å². The zero-order valence-corrected chi connectivity index (χ0v) is 17.9. The Morgan fingerprint density at radius 1 is 1.27 bits per heavy atom. The highest BCUT2D eigenvalue weighted by Crippen LogP contribution is 2.28. The zero-order valence-electron chi connectivity index (χ0n) is 15.4. The SMILES string of the molecule is CNCCC1CCN(Cc2csc(-c3cccc(OC)c3)n2)CC1.Cl.Cl. The monoisotopic (exact) mass is 417 g/mol. The van der Waals surface area contributed by atoms with E-state index >= 15 is 0 Å². The van der Waals surface area contributed by atoms with E-state index in [2.05, 4.69) is 27.7 Å². The number of methoxy groups -OCH3 is 1. The molecule has 26 heavy (non-hydrogen) atoms. The third kappa shape index (κ3) is 6.39. The zero-order chi connectivity index (χ0) is 16.8. The molecule has 0 unspecified atom stereocenters. The van der Waals surface area contributed by atoms with E-state index in [0.29, 0.717) is 0 Å². The lowest BCUT2D eigenvalue weighted by atomic mass is 9.93. The Labute approximate surface area is 173 Å². The van der Waals surface area contributed by atoms with Crippen LogP contribution in [0.2, 0.25) is 0 Å². The fourth-order valence-electron chi connectivity index (χ4n) is 3.28. The molecule has 146 valence electrons. The van der Waals surface area contributed by atoms with Crippen molar-refractivity contribution >= 4 is 36.2 Å². The number of likely N-dealkylation sites (tertiary alicyclic amines) is 1. The third-order valence-electron chi connectivity index (χ3n) is 4.76. The molecule has 1 saturated heterocycles. The first-order chi connectivity index (χ1) is 11.8. The first-order valence-corrected chi connectivity index (χ1v) is 9.62. The molecule has 1 aromatic heterocycles. The fraction of sp³-hybridized carbons (Fsp3) is 0.526. The van der Waals surface area contributed by atoms with Crippen LogP contribution in [0.15, 0.2) is 29.6 Å². The van der Waals surface area contributed by atoms with Gasteiger partial charge < -0.3 is 10.1 Å². The predicted octanol–water partition coefficient (Wildman–Crippen LogP) is 4.48. The van der Waals surface area contributed by atoms with Gasteiger partial charge in [0.2, 0.25) is 0 Å². The van der Waals surface area contributed by atoms with Crippen molar-refractivity contribution in [1.82, 2.24) is 15.2 Å². The number of aromatic nitrogens is 1. The second-order valence-electron chi connectivity index (χ2n) is 6.49. The lowest BCUT2D eigenvalue weighted by Gasteiger charge is -2.31. The van der Waals surface area contributed by atoms with Gasteiger partial charge in [0, 0.05) is 17.5 Å². The van der Waals surface area contributed by atoms with Gasteiger partial charge in [-0.2, -0.15) is 0 Å². The maximum atomic E-state index is 5.31. The molecule has 1 aliphatic heterocycles. The number of thiazole rings is 1. The number of hydrogen-bond acceptors (Lipinski definition) is 5. The van der Waals surface area contributed by atoms with E-state index in [4.69, 9.17) is 9.72 Å². The van der Waals surface area contributed by atoms with Crippen LogP contribution in [0.25, 0.3) is 10.6 Å². The van der Waals surface area contributed by atoms with Crippen molar-refractivity contribution in [2.45, 2.75) is 25.8 Å². The van der Waals surface area contributed by atoms with Crippen LogP contribution in [0.5, 0.6) is 5.75 Å². The number of rotatable bonds is 7. The van der Waals surface area contributed by atoms with Crippen molar-refractivity contribution in [3.63, 3.8) is 0 Å². The van der Waals surface area contributed by atoms with Crippen LogP contribution in [0.4, 0.5) is 0 Å². The summed E-state index contributed by atoms with van der Waals surface area (Å²) in [7, 11) is 3.74. The number of piperidine rings is 1. The molecule has 0 amide bonds. The molecule has 2 aromatic rings. The topological polar surface area (TPSA) is 37.4 Å². The van der Waals surface area contributed by atoms with Gasteiger partial charge >= 0.3 is 0 Å². The average Bonchev–Trinajstić information content (AvgIpc) is 3.10. The van der Waals surface area contributed by atoms with Gasteiger partial charge in [0.15, 0.2) is 0 Å². The van der Waals surface area contributed by atoms with E-state index in [9.17, 15) is 0 Å². The van der Waals surface area contributed by atoms with Crippen LogP contribution in [0.1, 0.15) is 25.0 Å². The van der Waals surface area contributed by atoms with Gasteiger partial charge in [0.05, 0.1) is 12.8 Å². The molecule has 0 spiro atoms. The molecular weight excluding hydrogens is 389 g/mol. The van der Waals surface area contributed by atoms with Crippen molar-refractivity contribution in [3.8, 4) is 16.3 Å². The minimum absolute atomic E-state index is 0. The number of nitrogens with zero attached hydrogens (tertiary/aromatic N) is 2. The van der Waals surface area contributed by atoms with Gasteiger partial charge in [-0.25, -0.2) is 4.98 Å². The molecule has 0 aliphatic carbocycles. The van der Waals surface area contributed by atoms with E-state index in [0.717, 1.165) is 35.3 Å². The minimum atomic E-state index is 0. The van der Waals surface area contributed by atoms with Gasteiger partial charge in [0.25, 0.3) is 0 Å². The highest BCUT2D eigenvalue weighted by Gasteiger charge is 2.19. The molecule has 0 atom stereocenters. The summed E-state index contributed by atoms with van der Waals surface area (Å²) in [6.07, 6.45) is 3.93. The summed E-state index contributed by atoms with van der Waals surface area (Å²) < 4.78 is 5.31. The lowest BCUT2D eigenvalue weighted by molar-refractivity contribution is 0.171. The Morgan fingerprint density at radius 3 is 2.73 bits per heavy atom. The molecule has 1 N–H and O–H groups in total. The summed E-state index contributed by atoms with van der Waals surface area (Å²) in [5.41, 5.74) is 2.32. The second-order valence-corrected chi connectivity index (χ2v) is 7.35. The van der Waals surface area contributed by atoms with E-state index in [1.165, 1.54) is 38.0 Å². The molecule has 0 bridgehead atoms. The Kier molecular flexibility index (Phi) is 10.5. The molecule has 3 rings (SSSR count). The largest absolute Gasteiger partial charge is 0.497 e. The van der Waals surface area contributed by atoms with E-state index in [1.807, 2.05) is 19.2 Å². The normalized spacial score (nSPS) is 15.2. The Bertz CT molecular complexity index is 645. The standard InChI is InChI=1S/C19H27N3OS.2ClH/c1-20-9-6-15-7-10-22(11-8-15)13-17-14-24-19(21-17)16-4-3-5-18(12-16)23-2;;/h3-5,12,14-15,20H,6-11,13H2,1-2H3;2*1H. The first-order valence-electron chi connectivity index (χ1n) is 8.74. The first kappa shape index (κ1) is 23.2. The highest BCUT2D eigenvalue weighted by atomic mass is 35.5. The van der Waals surface area contributed by atoms with E-state index in [-0.39, 0.29) is 24.8 Å². The van der Waals surface area contributed by atoms with Crippen LogP contribution in [0, 0.1) is 5.92 Å². The van der Waals surface area contributed by atoms with E-state index < -0.39 is 0 Å².